The van der Waals surface area contributed by atoms with Crippen LogP contribution in [0.3, 0.4) is 0 Å². The molecule has 0 fully saturated rings. The van der Waals surface area contributed by atoms with Crippen molar-refractivity contribution < 1.29 is 14.3 Å². The second-order valence-electron chi connectivity index (χ2n) is 4.99. The lowest BCUT2D eigenvalue weighted by atomic mass is 10.1. The lowest BCUT2D eigenvalue weighted by molar-refractivity contribution is -0.119. The molecule has 0 N–H and O–H groups in total. The van der Waals surface area contributed by atoms with Crippen molar-refractivity contribution >= 4 is 57.9 Å². The number of nitrogens with zero attached hydrogens (tertiary/aromatic N) is 1. The molecule has 4 nitrogen and oxygen atoms in total. The predicted octanol–water partition coefficient (Wildman–Crippen LogP) is 4.53. The van der Waals surface area contributed by atoms with Crippen LogP contribution in [0.2, 0.25) is 10.0 Å². The quantitative estimate of drug-likeness (QED) is 0.733. The van der Waals surface area contributed by atoms with Gasteiger partial charge in [0.1, 0.15) is 10.8 Å². The first-order valence-electron chi connectivity index (χ1n) is 6.81. The van der Waals surface area contributed by atoms with Crippen LogP contribution < -0.4 is 9.64 Å². The van der Waals surface area contributed by atoms with E-state index in [0.717, 1.165) is 4.90 Å². The number of hydrogen-bond donors (Lipinski definition) is 0. The van der Waals surface area contributed by atoms with Crippen molar-refractivity contribution in [3.63, 3.8) is 0 Å². The fourth-order valence-electron chi connectivity index (χ4n) is 2.41. The van der Waals surface area contributed by atoms with Gasteiger partial charge < -0.3 is 4.74 Å². The van der Waals surface area contributed by atoms with E-state index in [1.165, 1.54) is 25.3 Å². The van der Waals surface area contributed by atoms with E-state index in [0.29, 0.717) is 21.4 Å². The standard InChI is InChI=1S/C17H10Cl3NO3/c1-24-13-4-2-9(3-5-13)14-15(20)17(23)21(16(14)22)12-7-10(18)6-11(19)8-12/h2-8H,1H3. The Morgan fingerprint density at radius 3 is 2.00 bits per heavy atom. The second kappa shape index (κ2) is 6.48. The maximum absolute atomic E-state index is 12.7. The molecule has 2 amide bonds. The largest absolute Gasteiger partial charge is 0.497 e. The maximum atomic E-state index is 12.7. The fraction of sp³-hybridized carbons (Fsp3) is 0.0588. The predicted molar refractivity (Wildman–Crippen MR) is 94.7 cm³/mol. The number of amides is 2. The highest BCUT2D eigenvalue weighted by Gasteiger charge is 2.39. The molecule has 0 radical (unpaired) electrons. The molecule has 0 saturated heterocycles. The van der Waals surface area contributed by atoms with Gasteiger partial charge in [-0.05, 0) is 35.9 Å². The van der Waals surface area contributed by atoms with E-state index in [-0.39, 0.29) is 16.3 Å². The summed E-state index contributed by atoms with van der Waals surface area (Å²) in [4.78, 5) is 26.2. The third-order valence-electron chi connectivity index (χ3n) is 3.51. The first kappa shape index (κ1) is 16.8. The fourth-order valence-corrected chi connectivity index (χ4v) is 3.20. The van der Waals surface area contributed by atoms with E-state index in [2.05, 4.69) is 0 Å². The zero-order valence-corrected chi connectivity index (χ0v) is 14.6. The molecule has 0 spiro atoms. The SMILES string of the molecule is COc1ccc(C2=C(Cl)C(=O)N(c3cc(Cl)cc(Cl)c3)C2=O)cc1. The lowest BCUT2D eigenvalue weighted by Crippen LogP contribution is -2.31. The van der Waals surface area contributed by atoms with E-state index in [1.807, 2.05) is 0 Å². The van der Waals surface area contributed by atoms with Crippen LogP contribution in [-0.4, -0.2) is 18.9 Å². The van der Waals surface area contributed by atoms with Gasteiger partial charge in [-0.15, -0.1) is 0 Å². The zero-order valence-electron chi connectivity index (χ0n) is 12.3. The first-order chi connectivity index (χ1) is 11.4. The lowest BCUT2D eigenvalue weighted by Gasteiger charge is -2.15. The number of ether oxygens (including phenoxy) is 1. The van der Waals surface area contributed by atoms with Gasteiger partial charge in [0.15, 0.2) is 0 Å². The molecule has 1 aliphatic rings. The van der Waals surface area contributed by atoms with Gasteiger partial charge in [-0.3, -0.25) is 9.59 Å². The van der Waals surface area contributed by atoms with Gasteiger partial charge >= 0.3 is 0 Å². The molecule has 2 aromatic rings. The van der Waals surface area contributed by atoms with Crippen LogP contribution in [0, 0.1) is 0 Å². The number of hydrogen-bond acceptors (Lipinski definition) is 3. The molecule has 0 unspecified atom stereocenters. The molecular weight excluding hydrogens is 373 g/mol. The summed E-state index contributed by atoms with van der Waals surface area (Å²) in [5.74, 6) is -0.523. The molecule has 0 bridgehead atoms. The highest BCUT2D eigenvalue weighted by atomic mass is 35.5. The van der Waals surface area contributed by atoms with Crippen LogP contribution in [0.15, 0.2) is 47.5 Å². The normalized spacial score (nSPS) is 14.6. The minimum absolute atomic E-state index is 0.125. The number of carbonyl (C=O) groups is 2. The summed E-state index contributed by atoms with van der Waals surface area (Å²) in [5, 5.41) is 0.473. The van der Waals surface area contributed by atoms with Crippen molar-refractivity contribution in [3.8, 4) is 5.75 Å². The average Bonchev–Trinajstić information content (AvgIpc) is 2.76. The molecule has 24 heavy (non-hydrogen) atoms. The summed E-state index contributed by atoms with van der Waals surface area (Å²) < 4.78 is 5.08. The molecular formula is C17H10Cl3NO3. The summed E-state index contributed by atoms with van der Waals surface area (Å²) in [7, 11) is 1.54. The number of methoxy groups -OCH3 is 1. The number of benzene rings is 2. The minimum Gasteiger partial charge on any atom is -0.497 e. The van der Waals surface area contributed by atoms with Crippen LogP contribution in [0.5, 0.6) is 5.75 Å². The third-order valence-corrected chi connectivity index (χ3v) is 4.30. The monoisotopic (exact) mass is 381 g/mol. The topological polar surface area (TPSA) is 46.6 Å². The Hall–Kier alpha value is -2.01. The van der Waals surface area contributed by atoms with Crippen LogP contribution in [0.4, 0.5) is 5.69 Å². The molecule has 0 aliphatic carbocycles. The average molecular weight is 383 g/mol. The van der Waals surface area contributed by atoms with E-state index >= 15 is 0 Å². The molecule has 0 saturated carbocycles. The summed E-state index contributed by atoms with van der Waals surface area (Å²) in [6.45, 7) is 0. The molecule has 0 aromatic heterocycles. The Balaban J connectivity index is 2.03. The number of anilines is 1. The molecule has 3 rings (SSSR count). The van der Waals surface area contributed by atoms with Crippen molar-refractivity contribution in [1.29, 1.82) is 0 Å². The van der Waals surface area contributed by atoms with Gasteiger partial charge in [0.2, 0.25) is 0 Å². The molecule has 122 valence electrons. The second-order valence-corrected chi connectivity index (χ2v) is 6.24. The highest BCUT2D eigenvalue weighted by molar-refractivity contribution is 6.60. The summed E-state index contributed by atoms with van der Waals surface area (Å²) >= 11 is 18.0. The number of halogens is 3. The van der Waals surface area contributed by atoms with Crippen LogP contribution in [-0.2, 0) is 9.59 Å². The summed E-state index contributed by atoms with van der Waals surface area (Å²) in [6.07, 6.45) is 0. The van der Waals surface area contributed by atoms with E-state index < -0.39 is 11.8 Å². The van der Waals surface area contributed by atoms with Gasteiger partial charge in [-0.25, -0.2) is 4.90 Å². The Morgan fingerprint density at radius 2 is 1.46 bits per heavy atom. The minimum atomic E-state index is -0.620. The van der Waals surface area contributed by atoms with E-state index in [4.69, 9.17) is 39.5 Å². The molecule has 1 aliphatic heterocycles. The molecule has 2 aromatic carbocycles. The number of carbonyl (C=O) groups excluding carboxylic acids is 2. The van der Waals surface area contributed by atoms with E-state index in [9.17, 15) is 9.59 Å². The molecule has 0 atom stereocenters. The third kappa shape index (κ3) is 2.88. The van der Waals surface area contributed by atoms with Gasteiger partial charge in [-0.2, -0.15) is 0 Å². The Bertz CT molecular complexity index is 855. The van der Waals surface area contributed by atoms with Gasteiger partial charge in [0.05, 0.1) is 18.4 Å². The Labute approximate surface area is 153 Å². The summed E-state index contributed by atoms with van der Waals surface area (Å²) in [5.41, 5.74) is 0.916. The number of rotatable bonds is 3. The van der Waals surface area contributed by atoms with Gasteiger partial charge in [-0.1, -0.05) is 46.9 Å². The van der Waals surface area contributed by atoms with Crippen molar-refractivity contribution in [2.45, 2.75) is 0 Å². The van der Waals surface area contributed by atoms with Crippen LogP contribution in [0.1, 0.15) is 5.56 Å². The maximum Gasteiger partial charge on any atom is 0.277 e. The van der Waals surface area contributed by atoms with Crippen molar-refractivity contribution in [2.75, 3.05) is 12.0 Å². The van der Waals surface area contributed by atoms with Crippen molar-refractivity contribution in [1.82, 2.24) is 0 Å². The van der Waals surface area contributed by atoms with Gasteiger partial charge in [0.25, 0.3) is 11.8 Å². The van der Waals surface area contributed by atoms with Crippen LogP contribution in [0.25, 0.3) is 5.57 Å². The Kier molecular flexibility index (Phi) is 4.54. The highest BCUT2D eigenvalue weighted by Crippen LogP contribution is 2.37. The van der Waals surface area contributed by atoms with E-state index in [1.54, 1.807) is 24.3 Å². The van der Waals surface area contributed by atoms with Crippen molar-refractivity contribution in [3.05, 3.63) is 63.1 Å². The summed E-state index contributed by atoms with van der Waals surface area (Å²) in [6, 6.07) is 11.2. The molecule has 7 heteroatoms. The van der Waals surface area contributed by atoms with Crippen LogP contribution >= 0.6 is 34.8 Å². The Morgan fingerprint density at radius 1 is 0.875 bits per heavy atom. The smallest absolute Gasteiger partial charge is 0.277 e. The zero-order chi connectivity index (χ0) is 17.4. The number of imide groups is 1. The van der Waals surface area contributed by atoms with Crippen molar-refractivity contribution in [2.24, 2.45) is 0 Å². The first-order valence-corrected chi connectivity index (χ1v) is 7.95. The van der Waals surface area contributed by atoms with Gasteiger partial charge in [0, 0.05) is 10.0 Å². The molecule has 1 heterocycles.